The summed E-state index contributed by atoms with van der Waals surface area (Å²) in [6.07, 6.45) is 0. The maximum Gasteiger partial charge on any atom is 0.262 e. The molecule has 2 aliphatic heterocycles. The third-order valence-electron chi connectivity index (χ3n) is 6.63. The number of rotatable bonds is 4. The van der Waals surface area contributed by atoms with E-state index < -0.39 is 11.8 Å². The van der Waals surface area contributed by atoms with Gasteiger partial charge in [-0.1, -0.05) is 47.5 Å². The van der Waals surface area contributed by atoms with Crippen LogP contribution in [0.1, 0.15) is 37.9 Å². The Morgan fingerprint density at radius 2 is 1.51 bits per heavy atom. The zero-order valence-electron chi connectivity index (χ0n) is 19.1. The summed E-state index contributed by atoms with van der Waals surface area (Å²) >= 11 is 12.3. The van der Waals surface area contributed by atoms with Gasteiger partial charge in [-0.15, -0.1) is 0 Å². The molecule has 0 aliphatic carbocycles. The number of hydrogen-bond acceptors (Lipinski definition) is 4. The van der Waals surface area contributed by atoms with Crippen molar-refractivity contribution >= 4 is 46.6 Å². The Kier molecular flexibility index (Phi) is 6.26. The zero-order valence-corrected chi connectivity index (χ0v) is 20.6. The minimum atomic E-state index is -0.427. The van der Waals surface area contributed by atoms with Crippen LogP contribution in [0.2, 0.25) is 10.0 Å². The number of anilines is 1. The Labute approximate surface area is 213 Å². The number of imide groups is 1. The molecule has 1 fully saturated rings. The number of piperazine rings is 1. The normalized spacial score (nSPS) is 17.7. The Bertz CT molecular complexity index is 1290. The topological polar surface area (TPSA) is 60.9 Å². The maximum absolute atomic E-state index is 13.3. The second-order valence-corrected chi connectivity index (χ2v) is 9.65. The highest BCUT2D eigenvalue weighted by Gasteiger charge is 2.38. The average molecular weight is 508 g/mol. The van der Waals surface area contributed by atoms with Crippen LogP contribution in [0.3, 0.4) is 0 Å². The third-order valence-corrected chi connectivity index (χ3v) is 7.11. The fourth-order valence-electron chi connectivity index (χ4n) is 4.83. The summed E-state index contributed by atoms with van der Waals surface area (Å²) < 4.78 is 0. The highest BCUT2D eigenvalue weighted by Crippen LogP contribution is 2.34. The summed E-state index contributed by atoms with van der Waals surface area (Å²) in [6, 6.07) is 19.9. The van der Waals surface area contributed by atoms with Crippen molar-refractivity contribution in [2.24, 2.45) is 0 Å². The number of halogens is 2. The van der Waals surface area contributed by atoms with E-state index in [4.69, 9.17) is 23.2 Å². The van der Waals surface area contributed by atoms with Crippen LogP contribution in [-0.2, 0) is 4.79 Å². The first kappa shape index (κ1) is 23.4. The van der Waals surface area contributed by atoms with Crippen LogP contribution in [0.25, 0.3) is 0 Å². The number of hydrogen-bond donors (Lipinski definition) is 0. The van der Waals surface area contributed by atoms with E-state index in [1.807, 2.05) is 49.4 Å². The smallest absolute Gasteiger partial charge is 0.262 e. The van der Waals surface area contributed by atoms with Crippen molar-refractivity contribution < 1.29 is 14.4 Å². The molecule has 35 heavy (non-hydrogen) atoms. The fourth-order valence-corrected chi connectivity index (χ4v) is 5.18. The molecular weight excluding hydrogens is 485 g/mol. The van der Waals surface area contributed by atoms with E-state index in [-0.39, 0.29) is 18.5 Å². The first-order valence-electron chi connectivity index (χ1n) is 11.3. The quantitative estimate of drug-likeness (QED) is 0.466. The lowest BCUT2D eigenvalue weighted by Crippen LogP contribution is -2.53. The number of carbonyl (C=O) groups is 3. The third kappa shape index (κ3) is 4.40. The van der Waals surface area contributed by atoms with Gasteiger partial charge in [-0.2, -0.15) is 0 Å². The van der Waals surface area contributed by atoms with Crippen LogP contribution in [0.15, 0.2) is 66.7 Å². The van der Waals surface area contributed by atoms with Crippen molar-refractivity contribution in [1.82, 2.24) is 9.80 Å². The molecule has 0 saturated carbocycles. The van der Waals surface area contributed by atoms with Gasteiger partial charge in [0.15, 0.2) is 0 Å². The molecule has 0 aromatic heterocycles. The van der Waals surface area contributed by atoms with E-state index in [9.17, 15) is 14.4 Å². The highest BCUT2D eigenvalue weighted by atomic mass is 35.5. The largest absolute Gasteiger partial charge is 0.361 e. The minimum Gasteiger partial charge on any atom is -0.361 e. The van der Waals surface area contributed by atoms with E-state index in [1.54, 1.807) is 29.2 Å². The standard InChI is InChI=1S/C27H23Cl2N3O3/c1-17-14-20(29)10-11-23(17)31-13-12-30(15-24(31)18-6-8-19(28)9-7-18)25(33)16-32-26(34)21-4-2-3-5-22(21)27(32)35/h2-11,14,24H,12-13,15-16H2,1H3. The van der Waals surface area contributed by atoms with Gasteiger partial charge in [-0.3, -0.25) is 19.3 Å². The summed E-state index contributed by atoms with van der Waals surface area (Å²) in [7, 11) is 0. The molecule has 0 N–H and O–H groups in total. The van der Waals surface area contributed by atoms with Crippen LogP contribution >= 0.6 is 23.2 Å². The first-order valence-corrected chi connectivity index (χ1v) is 12.1. The molecule has 178 valence electrons. The van der Waals surface area contributed by atoms with Gasteiger partial charge in [0, 0.05) is 35.4 Å². The van der Waals surface area contributed by atoms with Crippen molar-refractivity contribution in [1.29, 1.82) is 0 Å². The van der Waals surface area contributed by atoms with Crippen molar-refractivity contribution in [3.8, 4) is 0 Å². The Morgan fingerprint density at radius 1 is 0.886 bits per heavy atom. The van der Waals surface area contributed by atoms with Gasteiger partial charge < -0.3 is 9.80 Å². The van der Waals surface area contributed by atoms with Gasteiger partial charge in [-0.25, -0.2) is 0 Å². The van der Waals surface area contributed by atoms with Crippen molar-refractivity contribution in [2.45, 2.75) is 13.0 Å². The molecule has 1 unspecified atom stereocenters. The number of carbonyl (C=O) groups excluding carboxylic acids is 3. The van der Waals surface area contributed by atoms with Gasteiger partial charge in [0.25, 0.3) is 11.8 Å². The number of aryl methyl sites for hydroxylation is 1. The summed E-state index contributed by atoms with van der Waals surface area (Å²) in [6.45, 7) is 3.20. The Morgan fingerprint density at radius 3 is 2.14 bits per heavy atom. The molecule has 5 rings (SSSR count). The molecule has 8 heteroatoms. The second kappa shape index (κ2) is 9.36. The van der Waals surface area contributed by atoms with Gasteiger partial charge in [0.2, 0.25) is 5.91 Å². The van der Waals surface area contributed by atoms with Crippen molar-refractivity contribution in [3.63, 3.8) is 0 Å². The first-order chi connectivity index (χ1) is 16.8. The summed E-state index contributed by atoms with van der Waals surface area (Å²) in [5.74, 6) is -1.11. The van der Waals surface area contributed by atoms with Crippen LogP contribution in [0, 0.1) is 6.92 Å². The van der Waals surface area contributed by atoms with Crippen molar-refractivity contribution in [2.75, 3.05) is 31.1 Å². The molecule has 0 bridgehead atoms. The number of amides is 3. The van der Waals surface area contributed by atoms with Gasteiger partial charge in [0.05, 0.1) is 17.2 Å². The lowest BCUT2D eigenvalue weighted by Gasteiger charge is -2.44. The molecule has 1 atom stereocenters. The molecule has 3 aromatic rings. The Hall–Kier alpha value is -3.35. The molecule has 0 spiro atoms. The number of fused-ring (bicyclic) bond motifs is 1. The predicted octanol–water partition coefficient (Wildman–Crippen LogP) is 4.99. The molecule has 3 amide bonds. The molecule has 1 saturated heterocycles. The Balaban J connectivity index is 1.39. The molecule has 6 nitrogen and oxygen atoms in total. The monoisotopic (exact) mass is 507 g/mol. The van der Waals surface area contributed by atoms with E-state index in [0.717, 1.165) is 21.7 Å². The van der Waals surface area contributed by atoms with E-state index in [1.165, 1.54) is 0 Å². The highest BCUT2D eigenvalue weighted by molar-refractivity contribution is 6.31. The van der Waals surface area contributed by atoms with E-state index in [2.05, 4.69) is 4.90 Å². The molecule has 2 aliphatic rings. The lowest BCUT2D eigenvalue weighted by atomic mass is 10.00. The van der Waals surface area contributed by atoms with Crippen LogP contribution in [0.4, 0.5) is 5.69 Å². The summed E-state index contributed by atoms with van der Waals surface area (Å²) in [5.41, 5.74) is 3.78. The zero-order chi connectivity index (χ0) is 24.7. The molecule has 2 heterocycles. The minimum absolute atomic E-state index is 0.132. The van der Waals surface area contributed by atoms with E-state index >= 15 is 0 Å². The lowest BCUT2D eigenvalue weighted by molar-refractivity contribution is -0.132. The predicted molar refractivity (Wildman–Crippen MR) is 136 cm³/mol. The summed E-state index contributed by atoms with van der Waals surface area (Å²) in [5, 5.41) is 1.31. The molecule has 3 aromatic carbocycles. The molecule has 0 radical (unpaired) electrons. The fraction of sp³-hybridized carbons (Fsp3) is 0.222. The van der Waals surface area contributed by atoms with Gasteiger partial charge >= 0.3 is 0 Å². The van der Waals surface area contributed by atoms with Gasteiger partial charge in [0.1, 0.15) is 6.54 Å². The average Bonchev–Trinajstić information content (AvgIpc) is 3.09. The number of benzene rings is 3. The maximum atomic E-state index is 13.3. The van der Waals surface area contributed by atoms with Crippen molar-refractivity contribution in [3.05, 3.63) is 99.0 Å². The number of nitrogens with zero attached hydrogens (tertiary/aromatic N) is 3. The SMILES string of the molecule is Cc1cc(Cl)ccc1N1CCN(C(=O)CN2C(=O)c3ccccc3C2=O)CC1c1ccc(Cl)cc1. The van der Waals surface area contributed by atoms with Crippen LogP contribution < -0.4 is 4.90 Å². The van der Waals surface area contributed by atoms with Crippen LogP contribution in [0.5, 0.6) is 0 Å². The van der Waals surface area contributed by atoms with Crippen LogP contribution in [-0.4, -0.2) is 53.7 Å². The van der Waals surface area contributed by atoms with E-state index in [0.29, 0.717) is 40.8 Å². The second-order valence-electron chi connectivity index (χ2n) is 8.77. The van der Waals surface area contributed by atoms with Gasteiger partial charge in [-0.05, 0) is 60.5 Å². The summed E-state index contributed by atoms with van der Waals surface area (Å²) in [4.78, 5) is 43.8. The molecular formula is C27H23Cl2N3O3.